The number of nitrogens with zero attached hydrogens (tertiary/aromatic N) is 2. The molecule has 0 saturated heterocycles. The number of nitrogens with one attached hydrogen (secondary N) is 2. The van der Waals surface area contributed by atoms with Crippen LogP contribution >= 0.6 is 0 Å². The third kappa shape index (κ3) is 4.62. The first-order valence-electron chi connectivity index (χ1n) is 8.99. The molecule has 4 rings (SSSR count). The molecule has 3 aromatic carbocycles. The molecule has 1 heterocycles. The maximum absolute atomic E-state index is 13.4. The first kappa shape index (κ1) is 18.3. The Bertz CT molecular complexity index is 1130. The first-order valence-corrected chi connectivity index (χ1v) is 8.99. The maximum atomic E-state index is 13.4. The van der Waals surface area contributed by atoms with E-state index < -0.39 is 0 Å². The second kappa shape index (κ2) is 8.31. The van der Waals surface area contributed by atoms with Gasteiger partial charge in [-0.05, 0) is 48.5 Å². The van der Waals surface area contributed by atoms with Crippen LogP contribution in [-0.4, -0.2) is 15.9 Å². The highest BCUT2D eigenvalue weighted by molar-refractivity contribution is 6.04. The average molecular weight is 384 g/mol. The number of hydrogen-bond donors (Lipinski definition) is 2. The van der Waals surface area contributed by atoms with E-state index in [9.17, 15) is 9.18 Å². The molecule has 0 atom stereocenters. The number of aromatic nitrogens is 2. The smallest absolute Gasteiger partial charge is 0.255 e. The second-order valence-corrected chi connectivity index (χ2v) is 6.32. The standard InChI is InChI=1S/C23H17FN4O/c24-18-6-4-5-17(13-18)21-14-22(26-15-25-21)27-20-11-9-16(10-12-20)23(29)28-19-7-2-1-3-8-19/h1-15H,(H,28,29)(H,25,26,27). The molecule has 5 nitrogen and oxygen atoms in total. The van der Waals surface area contributed by atoms with Crippen LogP contribution in [-0.2, 0) is 0 Å². The van der Waals surface area contributed by atoms with E-state index in [0.29, 0.717) is 22.6 Å². The van der Waals surface area contributed by atoms with E-state index >= 15 is 0 Å². The first-order chi connectivity index (χ1) is 14.2. The van der Waals surface area contributed by atoms with Gasteiger partial charge >= 0.3 is 0 Å². The Morgan fingerprint density at radius 1 is 0.793 bits per heavy atom. The lowest BCUT2D eigenvalue weighted by Gasteiger charge is -2.09. The van der Waals surface area contributed by atoms with Crippen LogP contribution in [0.25, 0.3) is 11.3 Å². The van der Waals surface area contributed by atoms with Crippen molar-refractivity contribution in [3.63, 3.8) is 0 Å². The van der Waals surface area contributed by atoms with E-state index in [2.05, 4.69) is 20.6 Å². The summed E-state index contributed by atoms with van der Waals surface area (Å²) in [6.45, 7) is 0. The molecule has 0 radical (unpaired) electrons. The number of anilines is 3. The van der Waals surface area contributed by atoms with Crippen LogP contribution in [0, 0.1) is 5.82 Å². The second-order valence-electron chi connectivity index (χ2n) is 6.32. The molecule has 0 spiro atoms. The molecular formula is C23H17FN4O. The summed E-state index contributed by atoms with van der Waals surface area (Å²) in [5, 5.41) is 6.01. The van der Waals surface area contributed by atoms with Crippen LogP contribution in [0.3, 0.4) is 0 Å². The molecule has 2 N–H and O–H groups in total. The molecule has 142 valence electrons. The number of benzene rings is 3. The summed E-state index contributed by atoms with van der Waals surface area (Å²) in [4.78, 5) is 20.7. The number of para-hydroxylation sites is 1. The zero-order valence-corrected chi connectivity index (χ0v) is 15.3. The van der Waals surface area contributed by atoms with Crippen molar-refractivity contribution in [2.75, 3.05) is 10.6 Å². The maximum Gasteiger partial charge on any atom is 0.255 e. The number of carbonyl (C=O) groups excluding carboxylic acids is 1. The summed E-state index contributed by atoms with van der Waals surface area (Å²) in [5.74, 6) is 0.0684. The number of rotatable bonds is 5. The highest BCUT2D eigenvalue weighted by Gasteiger charge is 2.07. The molecule has 0 aliphatic carbocycles. The van der Waals surface area contributed by atoms with Crippen molar-refractivity contribution in [1.82, 2.24) is 9.97 Å². The predicted molar refractivity (Wildman–Crippen MR) is 112 cm³/mol. The number of halogens is 1. The van der Waals surface area contributed by atoms with Gasteiger partial charge in [-0.15, -0.1) is 0 Å². The monoisotopic (exact) mass is 384 g/mol. The summed E-state index contributed by atoms with van der Waals surface area (Å²) >= 11 is 0. The van der Waals surface area contributed by atoms with Gasteiger partial charge in [0.25, 0.3) is 5.91 Å². The zero-order valence-electron chi connectivity index (χ0n) is 15.3. The lowest BCUT2D eigenvalue weighted by molar-refractivity contribution is 0.102. The van der Waals surface area contributed by atoms with Crippen molar-refractivity contribution in [2.45, 2.75) is 0 Å². The molecule has 1 amide bonds. The van der Waals surface area contributed by atoms with Crippen molar-refractivity contribution >= 4 is 23.1 Å². The third-order valence-corrected chi connectivity index (χ3v) is 4.24. The zero-order chi connectivity index (χ0) is 20.1. The summed E-state index contributed by atoms with van der Waals surface area (Å²) in [7, 11) is 0. The molecule has 0 saturated carbocycles. The topological polar surface area (TPSA) is 66.9 Å². The molecular weight excluding hydrogens is 367 g/mol. The number of hydrogen-bond acceptors (Lipinski definition) is 4. The largest absolute Gasteiger partial charge is 0.340 e. The van der Waals surface area contributed by atoms with Gasteiger partial charge in [-0.2, -0.15) is 0 Å². The lowest BCUT2D eigenvalue weighted by Crippen LogP contribution is -2.11. The van der Waals surface area contributed by atoms with Crippen molar-refractivity contribution < 1.29 is 9.18 Å². The Kier molecular flexibility index (Phi) is 5.25. The van der Waals surface area contributed by atoms with Crippen LogP contribution in [0.5, 0.6) is 0 Å². The van der Waals surface area contributed by atoms with Gasteiger partial charge in [-0.3, -0.25) is 4.79 Å². The Labute approximate surface area is 167 Å². The molecule has 4 aromatic rings. The highest BCUT2D eigenvalue weighted by atomic mass is 19.1. The Balaban J connectivity index is 1.46. The Morgan fingerprint density at radius 2 is 1.59 bits per heavy atom. The number of amides is 1. The van der Waals surface area contributed by atoms with Crippen molar-refractivity contribution in [2.24, 2.45) is 0 Å². The summed E-state index contributed by atoms with van der Waals surface area (Å²) in [6, 6.07) is 24.3. The van der Waals surface area contributed by atoms with Gasteiger partial charge < -0.3 is 10.6 Å². The van der Waals surface area contributed by atoms with Crippen LogP contribution in [0.2, 0.25) is 0 Å². The number of carbonyl (C=O) groups is 1. The molecule has 0 aliphatic rings. The predicted octanol–water partition coefficient (Wildman–Crippen LogP) is 5.28. The molecule has 0 bridgehead atoms. The van der Waals surface area contributed by atoms with Crippen molar-refractivity contribution in [3.8, 4) is 11.3 Å². The van der Waals surface area contributed by atoms with Crippen LogP contribution in [0.1, 0.15) is 10.4 Å². The van der Waals surface area contributed by atoms with Crippen LogP contribution in [0.15, 0.2) is 91.3 Å². The molecule has 0 fully saturated rings. The van der Waals surface area contributed by atoms with Crippen molar-refractivity contribution in [1.29, 1.82) is 0 Å². The summed E-state index contributed by atoms with van der Waals surface area (Å²) in [5.41, 5.74) is 3.34. The normalized spacial score (nSPS) is 10.4. The molecule has 29 heavy (non-hydrogen) atoms. The minimum absolute atomic E-state index is 0.182. The van der Waals surface area contributed by atoms with E-state index in [1.165, 1.54) is 18.5 Å². The van der Waals surface area contributed by atoms with Gasteiger partial charge in [0.15, 0.2) is 0 Å². The van der Waals surface area contributed by atoms with E-state index in [4.69, 9.17) is 0 Å². The Morgan fingerprint density at radius 3 is 2.34 bits per heavy atom. The quantitative estimate of drug-likeness (QED) is 0.491. The van der Waals surface area contributed by atoms with Crippen molar-refractivity contribution in [3.05, 3.63) is 103 Å². The van der Waals surface area contributed by atoms with E-state index in [1.807, 2.05) is 30.3 Å². The minimum Gasteiger partial charge on any atom is -0.340 e. The van der Waals surface area contributed by atoms with Gasteiger partial charge in [0.05, 0.1) is 5.69 Å². The molecule has 6 heteroatoms. The molecule has 0 aliphatic heterocycles. The molecule has 0 unspecified atom stereocenters. The fourth-order valence-electron chi connectivity index (χ4n) is 2.81. The van der Waals surface area contributed by atoms with Crippen LogP contribution < -0.4 is 10.6 Å². The van der Waals surface area contributed by atoms with E-state index in [0.717, 1.165) is 11.4 Å². The van der Waals surface area contributed by atoms with Gasteiger partial charge in [0, 0.05) is 28.6 Å². The van der Waals surface area contributed by atoms with Crippen LogP contribution in [0.4, 0.5) is 21.6 Å². The fourth-order valence-corrected chi connectivity index (χ4v) is 2.81. The summed E-state index contributed by atoms with van der Waals surface area (Å²) < 4.78 is 13.4. The van der Waals surface area contributed by atoms with Gasteiger partial charge in [0.2, 0.25) is 0 Å². The third-order valence-electron chi connectivity index (χ3n) is 4.24. The minimum atomic E-state index is -0.319. The van der Waals surface area contributed by atoms with Gasteiger partial charge in [-0.25, -0.2) is 14.4 Å². The summed E-state index contributed by atoms with van der Waals surface area (Å²) in [6.07, 6.45) is 1.42. The molecule has 1 aromatic heterocycles. The van der Waals surface area contributed by atoms with Gasteiger partial charge in [0.1, 0.15) is 18.0 Å². The van der Waals surface area contributed by atoms with Gasteiger partial charge in [-0.1, -0.05) is 30.3 Å². The lowest BCUT2D eigenvalue weighted by atomic mass is 10.1. The van der Waals surface area contributed by atoms with E-state index in [1.54, 1.807) is 42.5 Å². The fraction of sp³-hybridized carbons (Fsp3) is 0. The highest BCUT2D eigenvalue weighted by Crippen LogP contribution is 2.22. The van der Waals surface area contributed by atoms with E-state index in [-0.39, 0.29) is 11.7 Å². The SMILES string of the molecule is O=C(Nc1ccccc1)c1ccc(Nc2cc(-c3cccc(F)c3)ncn2)cc1. The average Bonchev–Trinajstić information content (AvgIpc) is 2.75. The Hall–Kier alpha value is -4.06.